The van der Waals surface area contributed by atoms with Gasteiger partial charge in [-0.25, -0.2) is 0 Å². The molecule has 0 aliphatic carbocycles. The molecule has 0 atom stereocenters. The lowest BCUT2D eigenvalue weighted by Gasteiger charge is -2.24. The Morgan fingerprint density at radius 2 is 1.23 bits per heavy atom. The fraction of sp³-hybridized carbons (Fsp3) is 0.324. The Kier molecular flexibility index (Phi) is 10.3. The van der Waals surface area contributed by atoms with Crippen molar-refractivity contribution in [2.24, 2.45) is 0 Å². The molecule has 0 fully saturated rings. The highest BCUT2D eigenvalue weighted by Crippen LogP contribution is 2.40. The van der Waals surface area contributed by atoms with Gasteiger partial charge in [-0.3, -0.25) is 0 Å². The smallest absolute Gasteiger partial charge is 0.172 e. The molecule has 39 heavy (non-hydrogen) atoms. The van der Waals surface area contributed by atoms with Gasteiger partial charge in [-0.1, -0.05) is 87.4 Å². The first-order valence-electron chi connectivity index (χ1n) is 13.6. The number of rotatable bonds is 11. The molecule has 0 bridgehead atoms. The molecule has 0 spiro atoms. The van der Waals surface area contributed by atoms with Crippen LogP contribution in [0.3, 0.4) is 0 Å². The van der Waals surface area contributed by atoms with Gasteiger partial charge in [-0.15, -0.1) is 0 Å². The number of nitriles is 3. The summed E-state index contributed by atoms with van der Waals surface area (Å²) in [5.74, 6) is 0.0512. The number of unbranched alkanes of at least 4 members (excludes halogenated alkanes) is 2. The molecule has 2 aromatic rings. The number of hydrogen-bond acceptors (Lipinski definition) is 5. The largest absolute Gasteiger partial charge is 0.480 e. The number of allylic oxidation sites excluding steroid dienone is 2. The van der Waals surface area contributed by atoms with Crippen LogP contribution in [0, 0.1) is 34.0 Å². The number of anilines is 1. The third-order valence-corrected chi connectivity index (χ3v) is 6.73. The minimum atomic E-state index is -0.822. The summed E-state index contributed by atoms with van der Waals surface area (Å²) in [5.41, 5.74) is 4.34. The summed E-state index contributed by atoms with van der Waals surface area (Å²) in [6, 6.07) is 22.6. The SMILES string of the molecule is CCCCN(CCCC)c1ccc(/C=C/c2ccc(/C=C/C3=C(C#N)C(=C(C#N)C#N)OC3(C)C)cc2)cc1. The lowest BCUT2D eigenvalue weighted by atomic mass is 9.94. The van der Waals surface area contributed by atoms with Crippen LogP contribution in [0.25, 0.3) is 18.2 Å². The Morgan fingerprint density at radius 1 is 0.769 bits per heavy atom. The highest BCUT2D eigenvalue weighted by atomic mass is 16.5. The van der Waals surface area contributed by atoms with E-state index in [1.54, 1.807) is 0 Å². The molecule has 3 rings (SSSR count). The molecule has 1 heterocycles. The second-order valence-corrected chi connectivity index (χ2v) is 10.1. The summed E-state index contributed by atoms with van der Waals surface area (Å²) >= 11 is 0. The fourth-order valence-corrected chi connectivity index (χ4v) is 4.44. The topological polar surface area (TPSA) is 83.8 Å². The lowest BCUT2D eigenvalue weighted by Crippen LogP contribution is -2.25. The zero-order valence-corrected chi connectivity index (χ0v) is 23.4. The van der Waals surface area contributed by atoms with E-state index in [1.807, 2.05) is 62.4 Å². The third-order valence-electron chi connectivity index (χ3n) is 6.73. The normalized spacial score (nSPS) is 14.2. The van der Waals surface area contributed by atoms with E-state index in [1.165, 1.54) is 31.4 Å². The average Bonchev–Trinajstić information content (AvgIpc) is 3.21. The Balaban J connectivity index is 1.72. The molecule has 0 unspecified atom stereocenters. The van der Waals surface area contributed by atoms with Crippen LogP contribution in [0.2, 0.25) is 0 Å². The monoisotopic (exact) mass is 516 g/mol. The summed E-state index contributed by atoms with van der Waals surface area (Å²) in [5, 5.41) is 28.2. The van der Waals surface area contributed by atoms with Gasteiger partial charge in [0.25, 0.3) is 0 Å². The highest BCUT2D eigenvalue weighted by Gasteiger charge is 2.38. The van der Waals surface area contributed by atoms with Gasteiger partial charge >= 0.3 is 0 Å². The molecule has 1 aliphatic heterocycles. The molecule has 0 N–H and O–H groups in total. The van der Waals surface area contributed by atoms with E-state index in [9.17, 15) is 15.8 Å². The summed E-state index contributed by atoms with van der Waals surface area (Å²) < 4.78 is 5.82. The summed E-state index contributed by atoms with van der Waals surface area (Å²) in [6.45, 7) is 10.3. The third kappa shape index (κ3) is 7.50. The van der Waals surface area contributed by atoms with Crippen molar-refractivity contribution in [3.8, 4) is 18.2 Å². The van der Waals surface area contributed by atoms with E-state index in [4.69, 9.17) is 4.74 Å². The molecule has 5 nitrogen and oxygen atoms in total. The molecular formula is C34H36N4O. The Bertz CT molecular complexity index is 1360. The maximum absolute atomic E-state index is 9.69. The van der Waals surface area contributed by atoms with Crippen LogP contribution in [-0.2, 0) is 4.74 Å². The number of ether oxygens (including phenoxy) is 1. The Morgan fingerprint density at radius 3 is 1.67 bits per heavy atom. The molecule has 0 saturated carbocycles. The minimum Gasteiger partial charge on any atom is -0.480 e. The summed E-state index contributed by atoms with van der Waals surface area (Å²) in [6.07, 6.45) is 12.8. The van der Waals surface area contributed by atoms with Gasteiger partial charge in [0.2, 0.25) is 0 Å². The van der Waals surface area contributed by atoms with E-state index in [0.29, 0.717) is 5.57 Å². The van der Waals surface area contributed by atoms with Crippen LogP contribution in [-0.4, -0.2) is 18.7 Å². The maximum Gasteiger partial charge on any atom is 0.172 e. The minimum absolute atomic E-state index is 0.0512. The Hall–Kier alpha value is -4.53. The Labute approximate surface area is 233 Å². The molecule has 0 saturated heterocycles. The number of hydrogen-bond donors (Lipinski definition) is 0. The van der Waals surface area contributed by atoms with E-state index < -0.39 is 5.60 Å². The van der Waals surface area contributed by atoms with Crippen molar-refractivity contribution in [1.29, 1.82) is 15.8 Å². The van der Waals surface area contributed by atoms with Crippen LogP contribution in [0.1, 0.15) is 70.1 Å². The molecule has 2 aromatic carbocycles. The zero-order chi connectivity index (χ0) is 28.3. The second-order valence-electron chi connectivity index (χ2n) is 10.1. The zero-order valence-electron chi connectivity index (χ0n) is 23.4. The predicted octanol–water partition coefficient (Wildman–Crippen LogP) is 8.21. The standard InChI is InChI=1S/C34H36N4O/c1-5-7-21-38(22-8-6-2)30-18-15-28(16-19-30)14-11-26-9-12-27(13-10-26)17-20-32-31(25-37)33(29(23-35)24-36)39-34(32,3)4/h9-20H,5-8,21-22H2,1-4H3/b14-11+,20-17+. The maximum atomic E-state index is 9.69. The van der Waals surface area contributed by atoms with E-state index in [-0.39, 0.29) is 16.9 Å². The van der Waals surface area contributed by atoms with E-state index in [2.05, 4.69) is 61.2 Å². The van der Waals surface area contributed by atoms with Gasteiger partial charge in [-0.05, 0) is 55.5 Å². The first-order chi connectivity index (χ1) is 18.9. The summed E-state index contributed by atoms with van der Waals surface area (Å²) in [4.78, 5) is 2.49. The van der Waals surface area contributed by atoms with Gasteiger partial charge in [0, 0.05) is 24.4 Å². The second kappa shape index (κ2) is 13.9. The van der Waals surface area contributed by atoms with Gasteiger partial charge in [0.05, 0.1) is 0 Å². The van der Waals surface area contributed by atoms with Crippen LogP contribution in [0.5, 0.6) is 0 Å². The molecule has 198 valence electrons. The van der Waals surface area contributed by atoms with Crippen molar-refractivity contribution in [1.82, 2.24) is 0 Å². The molecule has 0 radical (unpaired) electrons. The molecule has 0 aromatic heterocycles. The van der Waals surface area contributed by atoms with Gasteiger partial charge in [0.15, 0.2) is 11.3 Å². The van der Waals surface area contributed by atoms with Crippen molar-refractivity contribution < 1.29 is 4.74 Å². The van der Waals surface area contributed by atoms with Gasteiger partial charge in [0.1, 0.15) is 29.4 Å². The number of nitrogens with zero attached hydrogens (tertiary/aromatic N) is 4. The lowest BCUT2D eigenvalue weighted by molar-refractivity contribution is 0.0954. The van der Waals surface area contributed by atoms with Crippen molar-refractivity contribution >= 4 is 23.9 Å². The molecule has 0 amide bonds. The van der Waals surface area contributed by atoms with Crippen LogP contribution < -0.4 is 4.90 Å². The molecule has 5 heteroatoms. The van der Waals surface area contributed by atoms with Crippen LogP contribution >= 0.6 is 0 Å². The first-order valence-corrected chi connectivity index (χ1v) is 13.6. The predicted molar refractivity (Wildman–Crippen MR) is 159 cm³/mol. The highest BCUT2D eigenvalue weighted by molar-refractivity contribution is 5.71. The van der Waals surface area contributed by atoms with Crippen LogP contribution in [0.4, 0.5) is 5.69 Å². The van der Waals surface area contributed by atoms with Gasteiger partial charge in [-0.2, -0.15) is 15.8 Å². The van der Waals surface area contributed by atoms with Crippen LogP contribution in [0.15, 0.2) is 77.1 Å². The van der Waals surface area contributed by atoms with Crippen molar-refractivity contribution in [2.45, 2.75) is 59.0 Å². The van der Waals surface area contributed by atoms with E-state index in [0.717, 1.165) is 29.8 Å². The van der Waals surface area contributed by atoms with Crippen molar-refractivity contribution in [3.05, 3.63) is 93.8 Å². The molecule has 1 aliphatic rings. The van der Waals surface area contributed by atoms with Crippen molar-refractivity contribution in [3.63, 3.8) is 0 Å². The quantitative estimate of drug-likeness (QED) is 0.222. The fourth-order valence-electron chi connectivity index (χ4n) is 4.44. The van der Waals surface area contributed by atoms with Crippen molar-refractivity contribution in [2.75, 3.05) is 18.0 Å². The average molecular weight is 517 g/mol. The van der Waals surface area contributed by atoms with E-state index >= 15 is 0 Å². The number of benzene rings is 2. The summed E-state index contributed by atoms with van der Waals surface area (Å²) in [7, 11) is 0. The first kappa shape index (κ1) is 29.0. The molecular weight excluding hydrogens is 480 g/mol. The van der Waals surface area contributed by atoms with Gasteiger partial charge < -0.3 is 9.64 Å².